The zero-order valence-corrected chi connectivity index (χ0v) is 24.4. The van der Waals surface area contributed by atoms with Crippen LogP contribution in [0.3, 0.4) is 0 Å². The van der Waals surface area contributed by atoms with E-state index in [0.717, 1.165) is 31.2 Å². The van der Waals surface area contributed by atoms with Gasteiger partial charge in [0.05, 0.1) is 0 Å². The average molecular weight is 518 g/mol. The normalized spacial score (nSPS) is 14.0. The fraction of sp³-hybridized carbons (Fsp3) is 0.700. The molecular weight excluding hydrogens is 466 g/mol. The second-order valence-electron chi connectivity index (χ2n) is 11.3. The first-order valence-electron chi connectivity index (χ1n) is 14.1. The van der Waals surface area contributed by atoms with Crippen LogP contribution >= 0.6 is 0 Å². The molecule has 0 heterocycles. The quantitative estimate of drug-likeness (QED) is 0.264. The molecular formula is C30H51N3O4. The molecule has 0 aliphatic carbocycles. The fourth-order valence-corrected chi connectivity index (χ4v) is 4.20. The van der Waals surface area contributed by atoms with Crippen LogP contribution in [0.25, 0.3) is 0 Å². The standard InChI is InChI=1S/C30H51N3O4/c1-9-11-12-13-14-18-21-33(26(27(34)31-22(3)4)24-19-16-15-17-20-24)28(35)25(23(5)10-2)32-29(36)37-30(6,7)8/h15-17,19-20,22-23,25-26H,9-14,18,21H2,1-8H3,(H,31,34)(H,32,36). The Bertz CT molecular complexity index is 820. The second-order valence-corrected chi connectivity index (χ2v) is 11.3. The minimum atomic E-state index is -0.807. The molecule has 3 atom stereocenters. The third-order valence-corrected chi connectivity index (χ3v) is 6.29. The van der Waals surface area contributed by atoms with Crippen molar-refractivity contribution in [2.75, 3.05) is 6.54 Å². The molecule has 1 aromatic carbocycles. The number of hydrogen-bond donors (Lipinski definition) is 2. The molecule has 0 aliphatic heterocycles. The number of alkyl carbamates (subject to hydrolysis) is 1. The van der Waals surface area contributed by atoms with Crippen molar-refractivity contribution in [2.24, 2.45) is 5.92 Å². The maximum Gasteiger partial charge on any atom is 0.408 e. The molecule has 0 saturated carbocycles. The minimum absolute atomic E-state index is 0.0741. The summed E-state index contributed by atoms with van der Waals surface area (Å²) in [6.45, 7) is 15.7. The molecule has 1 rings (SSSR count). The topological polar surface area (TPSA) is 87.7 Å². The summed E-state index contributed by atoms with van der Waals surface area (Å²) in [5.74, 6) is -0.626. The summed E-state index contributed by atoms with van der Waals surface area (Å²) < 4.78 is 5.47. The first kappa shape index (κ1) is 32.5. The van der Waals surface area contributed by atoms with Gasteiger partial charge < -0.3 is 20.3 Å². The number of nitrogens with zero attached hydrogens (tertiary/aromatic N) is 1. The molecule has 3 amide bonds. The molecule has 0 saturated heterocycles. The zero-order chi connectivity index (χ0) is 28.0. The SMILES string of the molecule is CCCCCCCCN(C(=O)C(NC(=O)OC(C)(C)C)C(C)CC)C(C(=O)NC(C)C)c1ccccc1. The highest BCUT2D eigenvalue weighted by molar-refractivity contribution is 5.92. The largest absolute Gasteiger partial charge is 0.444 e. The lowest BCUT2D eigenvalue weighted by Crippen LogP contribution is -2.55. The molecule has 0 radical (unpaired) electrons. The molecule has 0 bridgehead atoms. The zero-order valence-electron chi connectivity index (χ0n) is 24.4. The number of unbranched alkanes of at least 4 members (excludes halogenated alkanes) is 5. The highest BCUT2D eigenvalue weighted by Crippen LogP contribution is 2.25. The summed E-state index contributed by atoms with van der Waals surface area (Å²) in [5.41, 5.74) is 0.0647. The highest BCUT2D eigenvalue weighted by atomic mass is 16.6. The lowest BCUT2D eigenvalue weighted by molar-refractivity contribution is -0.143. The molecule has 0 aliphatic rings. The van der Waals surface area contributed by atoms with Crippen molar-refractivity contribution in [3.63, 3.8) is 0 Å². The molecule has 210 valence electrons. The summed E-state index contributed by atoms with van der Waals surface area (Å²) in [4.78, 5) is 42.1. The van der Waals surface area contributed by atoms with Gasteiger partial charge in [-0.25, -0.2) is 4.79 Å². The number of ether oxygens (including phenoxy) is 1. The van der Waals surface area contributed by atoms with Gasteiger partial charge in [0.2, 0.25) is 11.8 Å². The van der Waals surface area contributed by atoms with E-state index in [9.17, 15) is 14.4 Å². The highest BCUT2D eigenvalue weighted by Gasteiger charge is 2.38. The predicted octanol–water partition coefficient (Wildman–Crippen LogP) is 6.38. The number of nitrogens with one attached hydrogen (secondary N) is 2. The van der Waals surface area contributed by atoms with Gasteiger partial charge in [-0.15, -0.1) is 0 Å². The van der Waals surface area contributed by atoms with E-state index in [1.54, 1.807) is 25.7 Å². The molecule has 1 aromatic rings. The van der Waals surface area contributed by atoms with Crippen molar-refractivity contribution >= 4 is 17.9 Å². The van der Waals surface area contributed by atoms with Crippen LogP contribution < -0.4 is 10.6 Å². The van der Waals surface area contributed by atoms with Crippen LogP contribution in [0, 0.1) is 5.92 Å². The van der Waals surface area contributed by atoms with Crippen LogP contribution in [0.4, 0.5) is 4.79 Å². The minimum Gasteiger partial charge on any atom is -0.444 e. The number of amides is 3. The summed E-state index contributed by atoms with van der Waals surface area (Å²) in [7, 11) is 0. The average Bonchev–Trinajstić information content (AvgIpc) is 2.82. The molecule has 0 fully saturated rings. The molecule has 0 spiro atoms. The maximum atomic E-state index is 14.2. The van der Waals surface area contributed by atoms with E-state index < -0.39 is 23.8 Å². The third kappa shape index (κ3) is 12.0. The van der Waals surface area contributed by atoms with Crippen molar-refractivity contribution in [1.29, 1.82) is 0 Å². The van der Waals surface area contributed by atoms with Gasteiger partial charge in [0.15, 0.2) is 0 Å². The smallest absolute Gasteiger partial charge is 0.408 e. The molecule has 2 N–H and O–H groups in total. The summed E-state index contributed by atoms with van der Waals surface area (Å²) in [6, 6.07) is 7.74. The Kier molecular flexibility index (Phi) is 14.3. The van der Waals surface area contributed by atoms with E-state index in [-0.39, 0.29) is 23.8 Å². The van der Waals surface area contributed by atoms with Crippen LogP contribution in [-0.2, 0) is 14.3 Å². The Morgan fingerprint density at radius 1 is 0.892 bits per heavy atom. The Labute approximate surface area is 225 Å². The van der Waals surface area contributed by atoms with E-state index in [2.05, 4.69) is 17.6 Å². The van der Waals surface area contributed by atoms with Crippen molar-refractivity contribution in [1.82, 2.24) is 15.5 Å². The number of hydrogen-bond acceptors (Lipinski definition) is 4. The van der Waals surface area contributed by atoms with Crippen LogP contribution in [0.2, 0.25) is 0 Å². The lowest BCUT2D eigenvalue weighted by Gasteiger charge is -2.36. The van der Waals surface area contributed by atoms with E-state index in [4.69, 9.17) is 4.74 Å². The number of benzene rings is 1. The van der Waals surface area contributed by atoms with Gasteiger partial charge in [0, 0.05) is 12.6 Å². The van der Waals surface area contributed by atoms with Crippen LogP contribution in [0.1, 0.15) is 112 Å². The Balaban J connectivity index is 3.37. The first-order chi connectivity index (χ1) is 17.4. The molecule has 0 aromatic heterocycles. The van der Waals surface area contributed by atoms with Crippen LogP contribution in [-0.4, -0.2) is 47.0 Å². The Hall–Kier alpha value is -2.57. The Morgan fingerprint density at radius 3 is 2.03 bits per heavy atom. The van der Waals surface area contributed by atoms with Gasteiger partial charge in [-0.05, 0) is 52.5 Å². The molecule has 7 heteroatoms. The summed E-state index contributed by atoms with van der Waals surface area (Å²) >= 11 is 0. The Morgan fingerprint density at radius 2 is 1.49 bits per heavy atom. The van der Waals surface area contributed by atoms with Gasteiger partial charge >= 0.3 is 6.09 Å². The van der Waals surface area contributed by atoms with E-state index in [1.807, 2.05) is 58.0 Å². The predicted molar refractivity (Wildman–Crippen MR) is 150 cm³/mol. The van der Waals surface area contributed by atoms with E-state index >= 15 is 0 Å². The van der Waals surface area contributed by atoms with Gasteiger partial charge in [0.25, 0.3) is 0 Å². The van der Waals surface area contributed by atoms with Crippen molar-refractivity contribution in [2.45, 2.75) is 124 Å². The molecule has 7 nitrogen and oxygen atoms in total. The van der Waals surface area contributed by atoms with Gasteiger partial charge in [0.1, 0.15) is 17.7 Å². The van der Waals surface area contributed by atoms with Gasteiger partial charge in [-0.3, -0.25) is 9.59 Å². The monoisotopic (exact) mass is 517 g/mol. The second kappa shape index (κ2) is 16.3. The van der Waals surface area contributed by atoms with Crippen molar-refractivity contribution in [3.8, 4) is 0 Å². The van der Waals surface area contributed by atoms with Crippen molar-refractivity contribution in [3.05, 3.63) is 35.9 Å². The maximum absolute atomic E-state index is 14.2. The van der Waals surface area contributed by atoms with Crippen LogP contribution in [0.5, 0.6) is 0 Å². The first-order valence-corrected chi connectivity index (χ1v) is 14.1. The summed E-state index contributed by atoms with van der Waals surface area (Å²) in [5, 5.41) is 5.83. The third-order valence-electron chi connectivity index (χ3n) is 6.29. The summed E-state index contributed by atoms with van der Waals surface area (Å²) in [6.07, 6.45) is 6.44. The lowest BCUT2D eigenvalue weighted by atomic mass is 9.95. The van der Waals surface area contributed by atoms with E-state index in [1.165, 1.54) is 12.8 Å². The number of rotatable bonds is 15. The number of carbonyl (C=O) groups is 3. The van der Waals surface area contributed by atoms with Crippen molar-refractivity contribution < 1.29 is 19.1 Å². The number of carbonyl (C=O) groups excluding carboxylic acids is 3. The molecule has 37 heavy (non-hydrogen) atoms. The van der Waals surface area contributed by atoms with E-state index in [0.29, 0.717) is 13.0 Å². The fourth-order valence-electron chi connectivity index (χ4n) is 4.20. The van der Waals surface area contributed by atoms with Crippen LogP contribution in [0.15, 0.2) is 30.3 Å². The molecule has 3 unspecified atom stereocenters. The van der Waals surface area contributed by atoms with Gasteiger partial charge in [-0.2, -0.15) is 0 Å². The van der Waals surface area contributed by atoms with Gasteiger partial charge in [-0.1, -0.05) is 89.6 Å².